The number of rotatable bonds is 4. The van der Waals surface area contributed by atoms with E-state index < -0.39 is 10.0 Å². The van der Waals surface area contributed by atoms with E-state index in [1.54, 1.807) is 30.3 Å². The molecule has 0 saturated heterocycles. The lowest BCUT2D eigenvalue weighted by Gasteiger charge is -2.18. The highest BCUT2D eigenvalue weighted by Crippen LogP contribution is 2.33. The van der Waals surface area contributed by atoms with Gasteiger partial charge in [-0.3, -0.25) is 0 Å². The predicted molar refractivity (Wildman–Crippen MR) is 119 cm³/mol. The molecule has 3 aromatic carbocycles. The lowest BCUT2D eigenvalue weighted by molar-refractivity contribution is -0.645. The van der Waals surface area contributed by atoms with E-state index in [9.17, 15) is 8.42 Å². The molecule has 31 heavy (non-hydrogen) atoms. The van der Waals surface area contributed by atoms with Gasteiger partial charge in [-0.1, -0.05) is 48.0 Å². The van der Waals surface area contributed by atoms with Crippen LogP contribution < -0.4 is 4.57 Å². The highest BCUT2D eigenvalue weighted by atomic mass is 32.2. The normalized spacial score (nSPS) is 11.8. The van der Waals surface area contributed by atoms with Gasteiger partial charge in [-0.25, -0.2) is 18.0 Å². The van der Waals surface area contributed by atoms with E-state index in [-0.39, 0.29) is 10.7 Å². The molecule has 2 aromatic heterocycles. The maximum atomic E-state index is 13.1. The highest BCUT2D eigenvalue weighted by Gasteiger charge is 2.20. The molecule has 154 valence electrons. The smallest absolute Gasteiger partial charge is 0.251 e. The van der Waals surface area contributed by atoms with E-state index in [0.29, 0.717) is 16.9 Å². The molecule has 0 saturated carbocycles. The number of para-hydroxylation sites is 4. The van der Waals surface area contributed by atoms with Crippen LogP contribution in [0, 0.1) is 6.92 Å². The third kappa shape index (κ3) is 3.40. The Hall–Kier alpha value is -3.78. The van der Waals surface area contributed by atoms with Gasteiger partial charge in [0.25, 0.3) is 6.33 Å². The quantitative estimate of drug-likeness (QED) is 0.403. The first-order valence-electron chi connectivity index (χ1n) is 9.70. The second kappa shape index (κ2) is 7.17. The van der Waals surface area contributed by atoms with Crippen molar-refractivity contribution >= 4 is 37.9 Å². The molecule has 0 bridgehead atoms. The van der Waals surface area contributed by atoms with Crippen LogP contribution in [-0.2, 0) is 17.1 Å². The molecule has 0 aliphatic heterocycles. The molecular formula is C23H19N5O2S. The Bertz CT molecular complexity index is 1540. The zero-order valence-electron chi connectivity index (χ0n) is 17.0. The van der Waals surface area contributed by atoms with Crippen molar-refractivity contribution in [1.29, 1.82) is 0 Å². The second-order valence-electron chi connectivity index (χ2n) is 7.32. The Labute approximate surface area is 179 Å². The number of aryl methyl sites for hydroxylation is 2. The molecule has 0 aliphatic rings. The monoisotopic (exact) mass is 429 g/mol. The summed E-state index contributed by atoms with van der Waals surface area (Å²) in [6.07, 6.45) is 1.85. The number of hydrogen-bond acceptors (Lipinski definition) is 4. The summed E-state index contributed by atoms with van der Waals surface area (Å²) in [5.41, 5.74) is 4.05. The van der Waals surface area contributed by atoms with Crippen LogP contribution in [-0.4, -0.2) is 23.0 Å². The lowest BCUT2D eigenvalue weighted by Crippen LogP contribution is -2.25. The van der Waals surface area contributed by atoms with Crippen LogP contribution in [0.2, 0.25) is 0 Å². The number of benzene rings is 3. The zero-order valence-corrected chi connectivity index (χ0v) is 17.8. The second-order valence-corrected chi connectivity index (χ2v) is 8.93. The molecule has 0 atom stereocenters. The SMILES string of the molecule is Cc1ccc(S(=O)(=O)[N-]c2nc3ccccc3nc2-n2c[n+](C)c3ccccc32)cc1. The first kappa shape index (κ1) is 19.2. The maximum absolute atomic E-state index is 13.1. The maximum Gasteiger partial charge on any atom is 0.251 e. The first-order chi connectivity index (χ1) is 14.9. The fourth-order valence-corrected chi connectivity index (χ4v) is 4.45. The van der Waals surface area contributed by atoms with Crippen molar-refractivity contribution in [3.05, 3.63) is 89.4 Å². The van der Waals surface area contributed by atoms with Crippen molar-refractivity contribution in [1.82, 2.24) is 14.5 Å². The minimum atomic E-state index is -3.97. The van der Waals surface area contributed by atoms with Crippen molar-refractivity contribution in [3.63, 3.8) is 0 Å². The minimum Gasteiger partial charge on any atom is -0.429 e. The van der Waals surface area contributed by atoms with Crippen molar-refractivity contribution in [2.45, 2.75) is 11.8 Å². The molecule has 8 heteroatoms. The molecular weight excluding hydrogens is 410 g/mol. The average molecular weight is 430 g/mol. The van der Waals surface area contributed by atoms with Gasteiger partial charge in [0.1, 0.15) is 0 Å². The van der Waals surface area contributed by atoms with Gasteiger partial charge in [0.15, 0.2) is 11.0 Å². The Morgan fingerprint density at radius 1 is 0.871 bits per heavy atom. The largest absolute Gasteiger partial charge is 0.429 e. The molecule has 0 aliphatic carbocycles. The average Bonchev–Trinajstić information content (AvgIpc) is 3.10. The fourth-order valence-electron chi connectivity index (χ4n) is 3.51. The zero-order chi connectivity index (χ0) is 21.6. The molecule has 0 N–H and O–H groups in total. The molecule has 5 rings (SSSR count). The summed E-state index contributed by atoms with van der Waals surface area (Å²) in [5, 5.41) is 0. The predicted octanol–water partition coefficient (Wildman–Crippen LogP) is 4.10. The van der Waals surface area contributed by atoms with Crippen LogP contribution >= 0.6 is 0 Å². The Morgan fingerprint density at radius 3 is 2.26 bits per heavy atom. The molecule has 0 unspecified atom stereocenters. The van der Waals surface area contributed by atoms with Gasteiger partial charge in [0.2, 0.25) is 15.8 Å². The standard InChI is InChI=1S/C23H19N5O2S/c1-16-11-13-17(14-12-16)31(29,30)26-22-23(25-19-8-4-3-7-18(19)24-22)28-15-27(2)20-9-5-6-10-21(20)28/h3-15H,1-2H3. The highest BCUT2D eigenvalue weighted by molar-refractivity contribution is 7.94. The van der Waals surface area contributed by atoms with E-state index in [0.717, 1.165) is 16.6 Å². The number of aromatic nitrogens is 4. The van der Waals surface area contributed by atoms with Crippen LogP contribution in [0.3, 0.4) is 0 Å². The summed E-state index contributed by atoms with van der Waals surface area (Å²) in [6, 6.07) is 21.7. The molecule has 0 radical (unpaired) electrons. The van der Waals surface area contributed by atoms with E-state index >= 15 is 0 Å². The van der Waals surface area contributed by atoms with Crippen LogP contribution in [0.15, 0.2) is 84.0 Å². The third-order valence-electron chi connectivity index (χ3n) is 5.10. The summed E-state index contributed by atoms with van der Waals surface area (Å²) in [6.45, 7) is 1.90. The third-order valence-corrected chi connectivity index (χ3v) is 6.38. The minimum absolute atomic E-state index is 0.0422. The van der Waals surface area contributed by atoms with Gasteiger partial charge in [0.05, 0.1) is 17.5 Å². The summed E-state index contributed by atoms with van der Waals surface area (Å²) in [4.78, 5) is 9.40. The summed E-state index contributed by atoms with van der Waals surface area (Å²) < 4.78 is 34.0. The summed E-state index contributed by atoms with van der Waals surface area (Å²) >= 11 is 0. The Morgan fingerprint density at radius 2 is 1.52 bits per heavy atom. The molecule has 5 aromatic rings. The lowest BCUT2D eigenvalue weighted by atomic mass is 10.2. The first-order valence-corrected chi connectivity index (χ1v) is 11.1. The van der Waals surface area contributed by atoms with E-state index in [2.05, 4.69) is 9.71 Å². The molecule has 0 amide bonds. The number of fused-ring (bicyclic) bond motifs is 2. The van der Waals surface area contributed by atoms with Crippen molar-refractivity contribution in [2.24, 2.45) is 7.05 Å². The van der Waals surface area contributed by atoms with Crippen molar-refractivity contribution in [3.8, 4) is 5.82 Å². The van der Waals surface area contributed by atoms with Gasteiger partial charge in [0, 0.05) is 5.82 Å². The fraction of sp³-hybridized carbons (Fsp3) is 0.0870. The Kier molecular flexibility index (Phi) is 4.44. The van der Waals surface area contributed by atoms with Crippen molar-refractivity contribution < 1.29 is 13.0 Å². The van der Waals surface area contributed by atoms with Crippen LogP contribution in [0.5, 0.6) is 0 Å². The van der Waals surface area contributed by atoms with Gasteiger partial charge < -0.3 is 9.71 Å². The van der Waals surface area contributed by atoms with Gasteiger partial charge in [-0.2, -0.15) is 4.57 Å². The topological polar surface area (TPSA) is 82.8 Å². The number of imidazole rings is 1. The molecule has 0 fully saturated rings. The number of nitrogens with zero attached hydrogens (tertiary/aromatic N) is 5. The molecule has 0 spiro atoms. The van der Waals surface area contributed by atoms with E-state index in [1.165, 1.54) is 0 Å². The summed E-state index contributed by atoms with van der Waals surface area (Å²) in [5.74, 6) is 0.395. The van der Waals surface area contributed by atoms with E-state index in [4.69, 9.17) is 4.98 Å². The van der Waals surface area contributed by atoms with E-state index in [1.807, 2.05) is 71.9 Å². The van der Waals surface area contributed by atoms with Gasteiger partial charge in [-0.15, -0.1) is 0 Å². The van der Waals surface area contributed by atoms with Gasteiger partial charge >= 0.3 is 0 Å². The number of hydrogen-bond donors (Lipinski definition) is 0. The Balaban J connectivity index is 1.73. The number of sulfonamides is 1. The van der Waals surface area contributed by atoms with Gasteiger partial charge in [-0.05, 0) is 42.8 Å². The molecule has 7 nitrogen and oxygen atoms in total. The van der Waals surface area contributed by atoms with Crippen LogP contribution in [0.4, 0.5) is 5.82 Å². The van der Waals surface area contributed by atoms with Crippen LogP contribution in [0.1, 0.15) is 5.56 Å². The molecule has 2 heterocycles. The van der Waals surface area contributed by atoms with Crippen LogP contribution in [0.25, 0.3) is 32.6 Å². The summed E-state index contributed by atoms with van der Waals surface area (Å²) in [7, 11) is -2.05. The van der Waals surface area contributed by atoms with Crippen molar-refractivity contribution in [2.75, 3.05) is 0 Å².